The lowest BCUT2D eigenvalue weighted by molar-refractivity contribution is 0.0601. The van der Waals surface area contributed by atoms with Crippen LogP contribution in [0.25, 0.3) is 11.0 Å². The second-order valence-corrected chi connectivity index (χ2v) is 4.41. The van der Waals surface area contributed by atoms with Crippen LogP contribution in [-0.2, 0) is 9.47 Å². The Balaban J connectivity index is 1.98. The fraction of sp³-hybridized carbons (Fsp3) is 0.385. The number of aromatic amines is 1. The zero-order valence-electron chi connectivity index (χ0n) is 10.1. The van der Waals surface area contributed by atoms with Crippen LogP contribution < -0.4 is 0 Å². The summed E-state index contributed by atoms with van der Waals surface area (Å²) in [6, 6.07) is 5.33. The number of ether oxygens (including phenoxy) is 2. The molecule has 1 fully saturated rings. The van der Waals surface area contributed by atoms with Crippen molar-refractivity contribution in [3.63, 3.8) is 0 Å². The van der Waals surface area contributed by atoms with Crippen molar-refractivity contribution in [3.05, 3.63) is 29.6 Å². The van der Waals surface area contributed by atoms with Gasteiger partial charge in [-0.3, -0.25) is 0 Å². The van der Waals surface area contributed by atoms with E-state index in [0.29, 0.717) is 18.1 Å². The summed E-state index contributed by atoms with van der Waals surface area (Å²) in [6.45, 7) is 1.50. The first-order valence-corrected chi connectivity index (χ1v) is 5.93. The minimum Gasteiger partial charge on any atom is -0.465 e. The van der Waals surface area contributed by atoms with Crippen LogP contribution in [0, 0.1) is 0 Å². The van der Waals surface area contributed by atoms with E-state index in [0.717, 1.165) is 29.9 Å². The van der Waals surface area contributed by atoms with Gasteiger partial charge in [0.25, 0.3) is 0 Å². The first-order valence-electron chi connectivity index (χ1n) is 5.93. The highest BCUT2D eigenvalue weighted by Crippen LogP contribution is 2.25. The molecule has 1 atom stereocenters. The SMILES string of the molecule is COC(=O)c1ccc2nc(C3CCOC3)[nH]c2c1. The molecule has 0 aliphatic carbocycles. The van der Waals surface area contributed by atoms with Gasteiger partial charge in [-0.1, -0.05) is 0 Å². The highest BCUT2D eigenvalue weighted by Gasteiger charge is 2.21. The molecule has 1 saturated heterocycles. The van der Waals surface area contributed by atoms with Gasteiger partial charge in [-0.05, 0) is 24.6 Å². The van der Waals surface area contributed by atoms with Gasteiger partial charge in [0.1, 0.15) is 5.82 Å². The smallest absolute Gasteiger partial charge is 0.337 e. The van der Waals surface area contributed by atoms with E-state index < -0.39 is 0 Å². The molecular formula is C13H14N2O3. The van der Waals surface area contributed by atoms with Crippen molar-refractivity contribution in [2.24, 2.45) is 0 Å². The molecule has 1 aromatic heterocycles. The number of imidazole rings is 1. The van der Waals surface area contributed by atoms with Gasteiger partial charge in [0.05, 0.1) is 30.3 Å². The highest BCUT2D eigenvalue weighted by atomic mass is 16.5. The van der Waals surface area contributed by atoms with Crippen LogP contribution in [0.15, 0.2) is 18.2 Å². The third-order valence-electron chi connectivity index (χ3n) is 3.24. The molecule has 3 rings (SSSR count). The Labute approximate surface area is 104 Å². The quantitative estimate of drug-likeness (QED) is 0.821. The van der Waals surface area contributed by atoms with Crippen molar-refractivity contribution in [3.8, 4) is 0 Å². The van der Waals surface area contributed by atoms with E-state index in [1.54, 1.807) is 12.1 Å². The Kier molecular flexibility index (Phi) is 2.76. The fourth-order valence-corrected chi connectivity index (χ4v) is 2.22. The van der Waals surface area contributed by atoms with Gasteiger partial charge in [-0.15, -0.1) is 0 Å². The monoisotopic (exact) mass is 246 g/mol. The number of H-pyrrole nitrogens is 1. The van der Waals surface area contributed by atoms with Gasteiger partial charge in [-0.25, -0.2) is 9.78 Å². The average Bonchev–Trinajstić information content (AvgIpc) is 3.04. The Hall–Kier alpha value is -1.88. The molecule has 1 aliphatic rings. The molecular weight excluding hydrogens is 232 g/mol. The van der Waals surface area contributed by atoms with Crippen LogP contribution in [0.4, 0.5) is 0 Å². The number of hydrogen-bond donors (Lipinski definition) is 1. The largest absolute Gasteiger partial charge is 0.465 e. The molecule has 1 aromatic carbocycles. The predicted molar refractivity (Wildman–Crippen MR) is 65.6 cm³/mol. The summed E-state index contributed by atoms with van der Waals surface area (Å²) >= 11 is 0. The topological polar surface area (TPSA) is 64.2 Å². The average molecular weight is 246 g/mol. The number of aromatic nitrogens is 2. The maximum Gasteiger partial charge on any atom is 0.337 e. The van der Waals surface area contributed by atoms with Crippen LogP contribution in [0.1, 0.15) is 28.5 Å². The summed E-state index contributed by atoms with van der Waals surface area (Å²) in [6.07, 6.45) is 0.990. The normalized spacial score (nSPS) is 19.3. The van der Waals surface area contributed by atoms with Crippen LogP contribution in [0.3, 0.4) is 0 Å². The number of nitrogens with zero attached hydrogens (tertiary/aromatic N) is 1. The van der Waals surface area contributed by atoms with E-state index in [4.69, 9.17) is 9.47 Å². The van der Waals surface area contributed by atoms with Gasteiger partial charge < -0.3 is 14.5 Å². The summed E-state index contributed by atoms with van der Waals surface area (Å²) in [5.41, 5.74) is 2.26. The molecule has 0 saturated carbocycles. The van der Waals surface area contributed by atoms with E-state index >= 15 is 0 Å². The molecule has 1 N–H and O–H groups in total. The molecule has 0 radical (unpaired) electrons. The molecule has 0 bridgehead atoms. The number of benzene rings is 1. The highest BCUT2D eigenvalue weighted by molar-refractivity contribution is 5.93. The maximum atomic E-state index is 11.4. The molecule has 18 heavy (non-hydrogen) atoms. The second kappa shape index (κ2) is 4.42. The number of rotatable bonds is 2. The van der Waals surface area contributed by atoms with E-state index in [1.807, 2.05) is 6.07 Å². The molecule has 0 amide bonds. The van der Waals surface area contributed by atoms with Gasteiger partial charge in [-0.2, -0.15) is 0 Å². The summed E-state index contributed by atoms with van der Waals surface area (Å²) in [5, 5.41) is 0. The lowest BCUT2D eigenvalue weighted by Crippen LogP contribution is -2.00. The predicted octanol–water partition coefficient (Wildman–Crippen LogP) is 1.85. The lowest BCUT2D eigenvalue weighted by atomic mass is 10.1. The van der Waals surface area contributed by atoms with Crippen molar-refractivity contribution >= 4 is 17.0 Å². The first-order chi connectivity index (χ1) is 8.78. The van der Waals surface area contributed by atoms with Crippen LogP contribution in [0.5, 0.6) is 0 Å². The number of methoxy groups -OCH3 is 1. The van der Waals surface area contributed by atoms with Crippen LogP contribution >= 0.6 is 0 Å². The second-order valence-electron chi connectivity index (χ2n) is 4.41. The van der Waals surface area contributed by atoms with Crippen molar-refractivity contribution in [2.45, 2.75) is 12.3 Å². The summed E-state index contributed by atoms with van der Waals surface area (Å²) in [4.78, 5) is 19.2. The van der Waals surface area contributed by atoms with Crippen molar-refractivity contribution in [2.75, 3.05) is 20.3 Å². The molecule has 5 nitrogen and oxygen atoms in total. The lowest BCUT2D eigenvalue weighted by Gasteiger charge is -2.00. The van der Waals surface area contributed by atoms with Gasteiger partial charge in [0.2, 0.25) is 0 Å². The van der Waals surface area contributed by atoms with Gasteiger partial charge in [0, 0.05) is 12.5 Å². The Morgan fingerprint density at radius 2 is 2.44 bits per heavy atom. The zero-order valence-corrected chi connectivity index (χ0v) is 10.1. The molecule has 1 unspecified atom stereocenters. The van der Waals surface area contributed by atoms with E-state index in [-0.39, 0.29) is 5.97 Å². The number of carbonyl (C=O) groups is 1. The summed E-state index contributed by atoms with van der Waals surface area (Å²) in [7, 11) is 1.38. The number of fused-ring (bicyclic) bond motifs is 1. The Morgan fingerprint density at radius 1 is 1.56 bits per heavy atom. The minimum absolute atomic E-state index is 0.332. The molecule has 5 heteroatoms. The van der Waals surface area contributed by atoms with Crippen LogP contribution in [0.2, 0.25) is 0 Å². The molecule has 2 aromatic rings. The number of esters is 1. The van der Waals surface area contributed by atoms with Gasteiger partial charge in [0.15, 0.2) is 0 Å². The van der Waals surface area contributed by atoms with Crippen molar-refractivity contribution < 1.29 is 14.3 Å². The fourth-order valence-electron chi connectivity index (χ4n) is 2.22. The summed E-state index contributed by atoms with van der Waals surface area (Å²) in [5.74, 6) is 0.931. The Morgan fingerprint density at radius 3 is 3.17 bits per heavy atom. The molecule has 2 heterocycles. The van der Waals surface area contributed by atoms with Gasteiger partial charge >= 0.3 is 5.97 Å². The zero-order chi connectivity index (χ0) is 12.5. The molecule has 1 aliphatic heterocycles. The minimum atomic E-state index is -0.336. The van der Waals surface area contributed by atoms with Crippen molar-refractivity contribution in [1.29, 1.82) is 0 Å². The van der Waals surface area contributed by atoms with Crippen molar-refractivity contribution in [1.82, 2.24) is 9.97 Å². The Bertz CT molecular complexity index is 585. The maximum absolute atomic E-state index is 11.4. The van der Waals surface area contributed by atoms with E-state index in [9.17, 15) is 4.79 Å². The number of carbonyl (C=O) groups excluding carboxylic acids is 1. The third kappa shape index (κ3) is 1.86. The number of nitrogens with one attached hydrogen (secondary N) is 1. The first kappa shape index (κ1) is 11.2. The van der Waals surface area contributed by atoms with E-state index in [1.165, 1.54) is 7.11 Å². The van der Waals surface area contributed by atoms with E-state index in [2.05, 4.69) is 9.97 Å². The summed E-state index contributed by atoms with van der Waals surface area (Å²) < 4.78 is 10.1. The molecule has 0 spiro atoms. The third-order valence-corrected chi connectivity index (χ3v) is 3.24. The standard InChI is InChI=1S/C13H14N2O3/c1-17-13(16)8-2-3-10-11(6-8)15-12(14-10)9-4-5-18-7-9/h2-3,6,9H,4-5,7H2,1H3,(H,14,15). The molecule has 94 valence electrons. The number of hydrogen-bond acceptors (Lipinski definition) is 4. The van der Waals surface area contributed by atoms with Crippen LogP contribution in [-0.4, -0.2) is 36.3 Å².